The number of benzene rings is 2. The van der Waals surface area contributed by atoms with Crippen molar-refractivity contribution < 1.29 is 13.5 Å². The minimum Gasteiger partial charge on any atom is -0.480 e. The first-order valence-electron chi connectivity index (χ1n) is 8.71. The highest BCUT2D eigenvalue weighted by Gasteiger charge is 2.20. The average Bonchev–Trinajstić information content (AvgIpc) is 3.06. The van der Waals surface area contributed by atoms with Crippen molar-refractivity contribution in [1.82, 2.24) is 14.8 Å². The Morgan fingerprint density at radius 1 is 1.15 bits per heavy atom. The van der Waals surface area contributed by atoms with Gasteiger partial charge in [0.15, 0.2) is 28.7 Å². The molecule has 0 fully saturated rings. The van der Waals surface area contributed by atoms with E-state index in [0.29, 0.717) is 12.4 Å². The predicted octanol–water partition coefficient (Wildman–Crippen LogP) is 5.32. The summed E-state index contributed by atoms with van der Waals surface area (Å²) in [5, 5.41) is 9.29. The van der Waals surface area contributed by atoms with E-state index in [1.165, 1.54) is 23.3 Å². The van der Waals surface area contributed by atoms with E-state index in [0.717, 1.165) is 17.0 Å². The number of aryl methyl sites for hydroxylation is 1. The average molecular weight is 389 g/mol. The summed E-state index contributed by atoms with van der Waals surface area (Å²) in [6.07, 6.45) is -0.523. The summed E-state index contributed by atoms with van der Waals surface area (Å²) < 4.78 is 34.5. The van der Waals surface area contributed by atoms with Gasteiger partial charge in [0.1, 0.15) is 5.82 Å². The highest BCUT2D eigenvalue weighted by atomic mass is 32.2. The molecule has 0 aliphatic rings. The number of hydrogen-bond donors (Lipinski definition) is 0. The Balaban J connectivity index is 1.75. The van der Waals surface area contributed by atoms with E-state index in [1.54, 1.807) is 18.7 Å². The molecular formula is C20H21F2N3OS. The number of halogens is 2. The molecule has 0 saturated heterocycles. The number of thioether (sulfide) groups is 1. The van der Waals surface area contributed by atoms with Crippen LogP contribution in [0.2, 0.25) is 0 Å². The predicted molar refractivity (Wildman–Crippen MR) is 102 cm³/mol. The fourth-order valence-corrected chi connectivity index (χ4v) is 3.82. The van der Waals surface area contributed by atoms with E-state index in [2.05, 4.69) is 29.3 Å². The van der Waals surface area contributed by atoms with Gasteiger partial charge in [-0.3, -0.25) is 0 Å². The Bertz CT molecular complexity index is 929. The minimum atomic E-state index is -0.737. The molecule has 0 aliphatic heterocycles. The minimum absolute atomic E-state index is 0.0105. The zero-order valence-corrected chi connectivity index (χ0v) is 16.3. The molecule has 3 rings (SSSR count). The number of hydrogen-bond acceptors (Lipinski definition) is 4. The van der Waals surface area contributed by atoms with Crippen LogP contribution in [0.15, 0.2) is 47.6 Å². The third kappa shape index (κ3) is 4.47. The van der Waals surface area contributed by atoms with E-state index < -0.39 is 17.7 Å². The second-order valence-electron chi connectivity index (χ2n) is 6.14. The third-order valence-electron chi connectivity index (χ3n) is 4.24. The summed E-state index contributed by atoms with van der Waals surface area (Å²) in [7, 11) is 0. The molecule has 0 radical (unpaired) electrons. The van der Waals surface area contributed by atoms with Crippen molar-refractivity contribution in [1.29, 1.82) is 0 Å². The lowest BCUT2D eigenvalue weighted by atomic mass is 10.1. The molecule has 0 bridgehead atoms. The summed E-state index contributed by atoms with van der Waals surface area (Å²) in [5.74, 6) is 0.00182. The van der Waals surface area contributed by atoms with Gasteiger partial charge < -0.3 is 9.30 Å². The summed E-state index contributed by atoms with van der Waals surface area (Å²) in [5.41, 5.74) is 2.48. The Labute approximate surface area is 161 Å². The molecule has 7 heteroatoms. The summed E-state index contributed by atoms with van der Waals surface area (Å²) in [6, 6.07) is 11.5. The van der Waals surface area contributed by atoms with Gasteiger partial charge in [0, 0.05) is 18.4 Å². The van der Waals surface area contributed by atoms with Gasteiger partial charge in [0.05, 0.1) is 0 Å². The van der Waals surface area contributed by atoms with Gasteiger partial charge in [-0.1, -0.05) is 36.0 Å². The Hall–Kier alpha value is -2.41. The lowest BCUT2D eigenvalue weighted by Gasteiger charge is -2.16. The maximum absolute atomic E-state index is 13.8. The first-order chi connectivity index (χ1) is 13.0. The van der Waals surface area contributed by atoms with Crippen LogP contribution in [0, 0.1) is 18.6 Å². The van der Waals surface area contributed by atoms with Gasteiger partial charge >= 0.3 is 0 Å². The third-order valence-corrected chi connectivity index (χ3v) is 5.26. The molecule has 27 heavy (non-hydrogen) atoms. The normalized spacial score (nSPS) is 12.2. The number of nitrogens with zero attached hydrogens (tertiary/aromatic N) is 3. The molecule has 1 aromatic heterocycles. The van der Waals surface area contributed by atoms with Crippen molar-refractivity contribution in [3.05, 3.63) is 71.1 Å². The van der Waals surface area contributed by atoms with Crippen LogP contribution in [0.5, 0.6) is 5.75 Å². The summed E-state index contributed by atoms with van der Waals surface area (Å²) >= 11 is 1.60. The van der Waals surface area contributed by atoms with Gasteiger partial charge in [-0.05, 0) is 44.0 Å². The van der Waals surface area contributed by atoms with Gasteiger partial charge in [-0.15, -0.1) is 10.2 Å². The quantitative estimate of drug-likeness (QED) is 0.513. The molecule has 4 nitrogen and oxygen atoms in total. The van der Waals surface area contributed by atoms with Crippen LogP contribution >= 0.6 is 11.8 Å². The Morgan fingerprint density at radius 2 is 1.93 bits per heavy atom. The van der Waals surface area contributed by atoms with Crippen LogP contribution in [-0.2, 0) is 12.3 Å². The highest BCUT2D eigenvalue weighted by molar-refractivity contribution is 7.98. The van der Waals surface area contributed by atoms with Crippen molar-refractivity contribution in [2.24, 2.45) is 0 Å². The SMILES string of the molecule is CCn1c(SCc2ccccc2C)nnc1C(C)Oc1ccc(F)cc1F. The molecule has 0 amide bonds. The Morgan fingerprint density at radius 3 is 2.63 bits per heavy atom. The van der Waals surface area contributed by atoms with Crippen molar-refractivity contribution >= 4 is 11.8 Å². The first kappa shape index (κ1) is 19.4. The van der Waals surface area contributed by atoms with E-state index in [4.69, 9.17) is 4.74 Å². The summed E-state index contributed by atoms with van der Waals surface area (Å²) in [6.45, 7) is 6.52. The second kappa shape index (κ2) is 8.52. The smallest absolute Gasteiger partial charge is 0.191 e. The molecule has 142 valence electrons. The van der Waals surface area contributed by atoms with Crippen molar-refractivity contribution in [2.75, 3.05) is 0 Å². The van der Waals surface area contributed by atoms with Crippen LogP contribution in [0.25, 0.3) is 0 Å². The second-order valence-corrected chi connectivity index (χ2v) is 7.08. The monoisotopic (exact) mass is 389 g/mol. The van der Waals surface area contributed by atoms with Crippen LogP contribution in [-0.4, -0.2) is 14.8 Å². The molecule has 0 N–H and O–H groups in total. The van der Waals surface area contributed by atoms with E-state index in [9.17, 15) is 8.78 Å². The molecule has 3 aromatic rings. The maximum Gasteiger partial charge on any atom is 0.191 e. The molecule has 0 aliphatic carbocycles. The van der Waals surface area contributed by atoms with Gasteiger partial charge in [-0.2, -0.15) is 0 Å². The fourth-order valence-electron chi connectivity index (χ4n) is 2.73. The van der Waals surface area contributed by atoms with E-state index in [-0.39, 0.29) is 5.75 Å². The van der Waals surface area contributed by atoms with Crippen molar-refractivity contribution in [3.63, 3.8) is 0 Å². The topological polar surface area (TPSA) is 39.9 Å². The van der Waals surface area contributed by atoms with Gasteiger partial charge in [0.25, 0.3) is 0 Å². The largest absolute Gasteiger partial charge is 0.480 e. The Kier molecular flexibility index (Phi) is 6.11. The lowest BCUT2D eigenvalue weighted by Crippen LogP contribution is -2.12. The van der Waals surface area contributed by atoms with E-state index >= 15 is 0 Å². The molecule has 0 saturated carbocycles. The molecule has 1 atom stereocenters. The van der Waals surface area contributed by atoms with Crippen molar-refractivity contribution in [2.45, 2.75) is 44.3 Å². The molecular weight excluding hydrogens is 368 g/mol. The standard InChI is InChI=1S/C20H21F2N3OS/c1-4-25-19(14(3)26-18-10-9-16(21)11-17(18)22)23-24-20(25)27-12-15-8-6-5-7-13(15)2/h5-11,14H,4,12H2,1-3H3. The van der Waals surface area contributed by atoms with Crippen LogP contribution in [0.1, 0.15) is 36.9 Å². The van der Waals surface area contributed by atoms with Crippen LogP contribution in [0.4, 0.5) is 8.78 Å². The molecule has 1 heterocycles. The number of rotatable bonds is 7. The number of aromatic nitrogens is 3. The fraction of sp³-hybridized carbons (Fsp3) is 0.300. The maximum atomic E-state index is 13.8. The zero-order valence-electron chi connectivity index (χ0n) is 15.4. The van der Waals surface area contributed by atoms with E-state index in [1.807, 2.05) is 23.6 Å². The lowest BCUT2D eigenvalue weighted by molar-refractivity contribution is 0.200. The van der Waals surface area contributed by atoms with Gasteiger partial charge in [0.2, 0.25) is 0 Å². The van der Waals surface area contributed by atoms with Crippen LogP contribution in [0.3, 0.4) is 0 Å². The van der Waals surface area contributed by atoms with Crippen molar-refractivity contribution in [3.8, 4) is 5.75 Å². The molecule has 0 spiro atoms. The first-order valence-corrected chi connectivity index (χ1v) is 9.70. The van der Waals surface area contributed by atoms with Crippen LogP contribution < -0.4 is 4.74 Å². The summed E-state index contributed by atoms with van der Waals surface area (Å²) in [4.78, 5) is 0. The molecule has 1 unspecified atom stereocenters. The molecule has 2 aromatic carbocycles. The number of ether oxygens (including phenoxy) is 1. The van der Waals surface area contributed by atoms with Gasteiger partial charge in [-0.25, -0.2) is 8.78 Å². The highest BCUT2D eigenvalue weighted by Crippen LogP contribution is 2.28. The zero-order chi connectivity index (χ0) is 19.4.